The summed E-state index contributed by atoms with van der Waals surface area (Å²) < 4.78 is 11.0. The van der Waals surface area contributed by atoms with Crippen molar-refractivity contribution in [3.8, 4) is 5.75 Å². The van der Waals surface area contributed by atoms with E-state index in [-0.39, 0.29) is 5.97 Å². The summed E-state index contributed by atoms with van der Waals surface area (Å²) in [5.41, 5.74) is 4.39. The lowest BCUT2D eigenvalue weighted by Crippen LogP contribution is -2.29. The van der Waals surface area contributed by atoms with E-state index in [1.807, 2.05) is 67.6 Å². The summed E-state index contributed by atoms with van der Waals surface area (Å²) in [5.74, 6) is 0.723. The Kier molecular flexibility index (Phi) is 13.0. The van der Waals surface area contributed by atoms with Crippen molar-refractivity contribution in [2.45, 2.75) is 71.1 Å². The minimum Gasteiger partial charge on any atom is -0.494 e. The van der Waals surface area contributed by atoms with Gasteiger partial charge in [-0.3, -0.25) is 4.79 Å². The second-order valence-corrected chi connectivity index (χ2v) is 10.5. The van der Waals surface area contributed by atoms with Gasteiger partial charge in [0.05, 0.1) is 36.0 Å². The Balaban J connectivity index is 1.12. The molecule has 0 spiro atoms. The van der Waals surface area contributed by atoms with Crippen LogP contribution in [0, 0.1) is 0 Å². The van der Waals surface area contributed by atoms with Crippen molar-refractivity contribution in [1.82, 2.24) is 0 Å². The Morgan fingerprint density at radius 1 is 0.619 bits per heavy atom. The molecule has 0 amide bonds. The number of hydrogen-bond donors (Lipinski definition) is 0. The summed E-state index contributed by atoms with van der Waals surface area (Å²) in [5, 5.41) is 17.4. The van der Waals surface area contributed by atoms with Crippen molar-refractivity contribution in [1.29, 1.82) is 0 Å². The molecule has 8 nitrogen and oxygen atoms in total. The number of rotatable bonds is 16. The molecule has 222 valence electrons. The lowest BCUT2D eigenvalue weighted by atomic mass is 10.1. The average Bonchev–Trinajstić information content (AvgIpc) is 3.05. The molecule has 1 aliphatic rings. The second-order valence-electron chi connectivity index (χ2n) is 10.5. The van der Waals surface area contributed by atoms with E-state index in [1.54, 1.807) is 0 Å². The number of esters is 1. The van der Waals surface area contributed by atoms with Crippen LogP contribution < -0.4 is 9.64 Å². The number of carbonyl (C=O) groups excluding carboxylic acids is 1. The number of piperidine rings is 1. The molecule has 0 radical (unpaired) electrons. The third-order valence-corrected chi connectivity index (χ3v) is 7.18. The van der Waals surface area contributed by atoms with E-state index in [1.165, 1.54) is 31.4 Å². The zero-order valence-electron chi connectivity index (χ0n) is 24.8. The van der Waals surface area contributed by atoms with Crippen LogP contribution in [0.4, 0.5) is 28.4 Å². The highest BCUT2D eigenvalue weighted by molar-refractivity contribution is 5.68. The molecule has 4 rings (SSSR count). The first-order valence-corrected chi connectivity index (χ1v) is 15.4. The fourth-order valence-electron chi connectivity index (χ4n) is 4.70. The second kappa shape index (κ2) is 17.7. The number of benzene rings is 3. The third kappa shape index (κ3) is 11.1. The monoisotopic (exact) mass is 569 g/mol. The Bertz CT molecular complexity index is 1250. The average molecular weight is 570 g/mol. The molecule has 0 unspecified atom stereocenters. The molecule has 8 heteroatoms. The number of ether oxygens (including phenoxy) is 2. The first-order valence-electron chi connectivity index (χ1n) is 15.4. The van der Waals surface area contributed by atoms with Crippen molar-refractivity contribution < 1.29 is 14.3 Å². The minimum absolute atomic E-state index is 0.113. The highest BCUT2D eigenvalue weighted by atomic mass is 16.5. The van der Waals surface area contributed by atoms with E-state index in [0.29, 0.717) is 19.6 Å². The Hall–Kier alpha value is -4.07. The van der Waals surface area contributed by atoms with Gasteiger partial charge in [0.15, 0.2) is 0 Å². The van der Waals surface area contributed by atoms with Crippen LogP contribution in [0.1, 0.15) is 71.1 Å². The first kappa shape index (κ1) is 30.9. The summed E-state index contributed by atoms with van der Waals surface area (Å²) in [6.45, 7) is 5.32. The fraction of sp³-hybridized carbons (Fsp3) is 0.441. The molecule has 0 aromatic heterocycles. The molecular weight excluding hydrogens is 526 g/mol. The maximum absolute atomic E-state index is 11.1. The van der Waals surface area contributed by atoms with E-state index in [9.17, 15) is 4.79 Å². The molecular formula is C34H43N5O3. The van der Waals surface area contributed by atoms with Gasteiger partial charge in [0.1, 0.15) is 5.75 Å². The van der Waals surface area contributed by atoms with Crippen LogP contribution in [0.3, 0.4) is 0 Å². The fourth-order valence-corrected chi connectivity index (χ4v) is 4.70. The molecule has 1 saturated heterocycles. The summed E-state index contributed by atoms with van der Waals surface area (Å²) >= 11 is 0. The van der Waals surface area contributed by atoms with Gasteiger partial charge in [-0.25, -0.2) is 0 Å². The molecule has 0 bridgehead atoms. The highest BCUT2D eigenvalue weighted by Gasteiger charge is 2.10. The van der Waals surface area contributed by atoms with Crippen LogP contribution in [-0.4, -0.2) is 32.3 Å². The normalized spacial score (nSPS) is 13.6. The molecule has 0 aliphatic carbocycles. The van der Waals surface area contributed by atoms with E-state index in [0.717, 1.165) is 73.7 Å². The largest absolute Gasteiger partial charge is 0.494 e. The Morgan fingerprint density at radius 3 is 1.60 bits per heavy atom. The standard InChI is InChI=1S/C34H43N5O3/c1-2-34(40)42-27-11-6-4-3-5-10-26-41-33-22-18-31(19-23-33)38-36-29-14-12-28(13-15-29)35-37-30-16-20-32(21-17-30)39-24-8-7-9-25-39/h12-23H,2-11,24-27H2,1H3. The predicted octanol–water partition coefficient (Wildman–Crippen LogP) is 10.2. The molecule has 1 fully saturated rings. The summed E-state index contributed by atoms with van der Waals surface area (Å²) in [4.78, 5) is 13.5. The molecule has 3 aromatic rings. The first-order chi connectivity index (χ1) is 20.7. The van der Waals surface area contributed by atoms with Crippen molar-refractivity contribution in [2.75, 3.05) is 31.2 Å². The van der Waals surface area contributed by atoms with Gasteiger partial charge < -0.3 is 14.4 Å². The number of anilines is 1. The maximum Gasteiger partial charge on any atom is 0.305 e. The van der Waals surface area contributed by atoms with Gasteiger partial charge in [-0.2, -0.15) is 20.5 Å². The van der Waals surface area contributed by atoms with E-state index >= 15 is 0 Å². The van der Waals surface area contributed by atoms with Crippen LogP contribution >= 0.6 is 0 Å². The number of carbonyl (C=O) groups is 1. The Morgan fingerprint density at radius 2 is 1.07 bits per heavy atom. The van der Waals surface area contributed by atoms with Crippen molar-refractivity contribution in [2.24, 2.45) is 20.5 Å². The molecule has 3 aromatic carbocycles. The lowest BCUT2D eigenvalue weighted by Gasteiger charge is -2.28. The van der Waals surface area contributed by atoms with Crippen LogP contribution in [0.25, 0.3) is 0 Å². The van der Waals surface area contributed by atoms with Crippen molar-refractivity contribution in [3.05, 3.63) is 72.8 Å². The summed E-state index contributed by atoms with van der Waals surface area (Å²) in [6.07, 6.45) is 10.8. The maximum atomic E-state index is 11.1. The third-order valence-electron chi connectivity index (χ3n) is 7.18. The van der Waals surface area contributed by atoms with Crippen LogP contribution in [-0.2, 0) is 9.53 Å². The topological polar surface area (TPSA) is 88.2 Å². The SMILES string of the molecule is CCC(=O)OCCCCCCCCOc1ccc(N=Nc2ccc(N=Nc3ccc(N4CCCCC4)cc3)cc2)cc1. The number of azo groups is 2. The van der Waals surface area contributed by atoms with Gasteiger partial charge in [0.25, 0.3) is 0 Å². The van der Waals surface area contributed by atoms with Gasteiger partial charge in [0.2, 0.25) is 0 Å². The molecule has 1 heterocycles. The van der Waals surface area contributed by atoms with Crippen molar-refractivity contribution in [3.63, 3.8) is 0 Å². The van der Waals surface area contributed by atoms with Crippen molar-refractivity contribution >= 4 is 34.4 Å². The van der Waals surface area contributed by atoms with Crippen LogP contribution in [0.5, 0.6) is 5.75 Å². The zero-order chi connectivity index (χ0) is 29.2. The van der Waals surface area contributed by atoms with Gasteiger partial charge in [-0.15, -0.1) is 0 Å². The minimum atomic E-state index is -0.113. The number of hydrogen-bond acceptors (Lipinski definition) is 8. The molecule has 0 saturated carbocycles. The number of nitrogens with zero attached hydrogens (tertiary/aromatic N) is 5. The summed E-state index contributed by atoms with van der Waals surface area (Å²) in [6, 6.07) is 23.5. The zero-order valence-corrected chi connectivity index (χ0v) is 24.8. The lowest BCUT2D eigenvalue weighted by molar-refractivity contribution is -0.143. The van der Waals surface area contributed by atoms with Gasteiger partial charge in [0, 0.05) is 25.2 Å². The van der Waals surface area contributed by atoms with Crippen LogP contribution in [0.15, 0.2) is 93.3 Å². The number of unbranched alkanes of at least 4 members (excludes halogenated alkanes) is 5. The smallest absolute Gasteiger partial charge is 0.305 e. The molecule has 0 N–H and O–H groups in total. The molecule has 1 aliphatic heterocycles. The van der Waals surface area contributed by atoms with E-state index in [2.05, 4.69) is 37.5 Å². The van der Waals surface area contributed by atoms with Gasteiger partial charge in [-0.1, -0.05) is 32.6 Å². The van der Waals surface area contributed by atoms with E-state index < -0.39 is 0 Å². The van der Waals surface area contributed by atoms with Crippen LogP contribution in [0.2, 0.25) is 0 Å². The van der Waals surface area contributed by atoms with Gasteiger partial charge >= 0.3 is 5.97 Å². The molecule has 42 heavy (non-hydrogen) atoms. The Labute approximate surface area is 249 Å². The summed E-state index contributed by atoms with van der Waals surface area (Å²) in [7, 11) is 0. The van der Waals surface area contributed by atoms with E-state index in [4.69, 9.17) is 9.47 Å². The highest BCUT2D eigenvalue weighted by Crippen LogP contribution is 2.26. The van der Waals surface area contributed by atoms with Gasteiger partial charge in [-0.05, 0) is 105 Å². The predicted molar refractivity (Wildman–Crippen MR) is 168 cm³/mol. The quantitative estimate of drug-likeness (QED) is 0.0975. The molecule has 0 atom stereocenters.